The van der Waals surface area contributed by atoms with Crippen molar-refractivity contribution in [1.82, 2.24) is 0 Å². The summed E-state index contributed by atoms with van der Waals surface area (Å²) in [6.07, 6.45) is 42.3. The van der Waals surface area contributed by atoms with Crippen molar-refractivity contribution in [1.29, 1.82) is 0 Å². The van der Waals surface area contributed by atoms with Crippen LogP contribution in [0, 0.1) is 11.8 Å². The summed E-state index contributed by atoms with van der Waals surface area (Å²) >= 11 is 0. The monoisotopic (exact) mass is 492 g/mol. The highest BCUT2D eigenvalue weighted by atomic mass is 14.2. The Morgan fingerprint density at radius 2 is 0.629 bits per heavy atom. The van der Waals surface area contributed by atoms with E-state index in [1.807, 2.05) is 0 Å². The molecule has 0 rings (SSSR count). The van der Waals surface area contributed by atoms with Crippen LogP contribution in [0.1, 0.15) is 214 Å². The molecule has 1 atom stereocenters. The maximum atomic E-state index is 2.49. The predicted molar refractivity (Wildman–Crippen MR) is 163 cm³/mol. The Balaban J connectivity index is 3.27. The van der Waals surface area contributed by atoms with Crippen LogP contribution in [0.15, 0.2) is 0 Å². The van der Waals surface area contributed by atoms with Gasteiger partial charge in [-0.2, -0.15) is 0 Å². The zero-order valence-corrected chi connectivity index (χ0v) is 25.6. The van der Waals surface area contributed by atoms with Gasteiger partial charge in [-0.05, 0) is 18.3 Å². The lowest BCUT2D eigenvalue weighted by Gasteiger charge is -2.19. The average Bonchev–Trinajstić information content (AvgIpc) is 2.86. The number of hydrogen-bond donors (Lipinski definition) is 0. The van der Waals surface area contributed by atoms with E-state index in [9.17, 15) is 0 Å². The van der Waals surface area contributed by atoms with Crippen LogP contribution >= 0.6 is 0 Å². The molecule has 0 aliphatic carbocycles. The Hall–Kier alpha value is 0. The first kappa shape index (κ1) is 35.0. The normalized spacial score (nSPS) is 12.6. The molecule has 0 aromatic carbocycles. The van der Waals surface area contributed by atoms with Crippen molar-refractivity contribution in [3.05, 3.63) is 5.92 Å². The van der Waals surface area contributed by atoms with E-state index >= 15 is 0 Å². The lowest BCUT2D eigenvalue weighted by molar-refractivity contribution is 0.460. The lowest BCUT2D eigenvalue weighted by Crippen LogP contribution is -2.06. The van der Waals surface area contributed by atoms with E-state index in [4.69, 9.17) is 0 Å². The largest absolute Gasteiger partial charge is 0.0654 e. The molecule has 0 aromatic heterocycles. The molecule has 0 nitrogen and oxygen atoms in total. The fraction of sp³-hybridized carbons (Fsp3) is 0.971. The quantitative estimate of drug-likeness (QED) is 0.0876. The van der Waals surface area contributed by atoms with Crippen LogP contribution in [0.5, 0.6) is 0 Å². The van der Waals surface area contributed by atoms with E-state index in [2.05, 4.69) is 27.7 Å². The first-order valence-electron chi connectivity index (χ1n) is 17.0. The molecule has 0 amide bonds. The van der Waals surface area contributed by atoms with Crippen molar-refractivity contribution in [2.75, 3.05) is 0 Å². The molecule has 1 radical (unpaired) electrons. The highest BCUT2D eigenvalue weighted by Gasteiger charge is 2.12. The Bertz CT molecular complexity index is 359. The van der Waals surface area contributed by atoms with Crippen LogP contribution in [-0.2, 0) is 0 Å². The van der Waals surface area contributed by atoms with Crippen molar-refractivity contribution < 1.29 is 0 Å². The fourth-order valence-corrected chi connectivity index (χ4v) is 5.56. The van der Waals surface area contributed by atoms with Crippen molar-refractivity contribution in [3.8, 4) is 0 Å². The van der Waals surface area contributed by atoms with Gasteiger partial charge in [0.05, 0.1) is 0 Å². The molecule has 0 bridgehead atoms. The van der Waals surface area contributed by atoms with E-state index in [1.165, 1.54) is 186 Å². The molecule has 0 aromatic rings. The van der Waals surface area contributed by atoms with Crippen LogP contribution in [0.3, 0.4) is 0 Å². The highest BCUT2D eigenvalue weighted by molar-refractivity contribution is 4.89. The van der Waals surface area contributed by atoms with E-state index in [1.54, 1.807) is 5.92 Å². The molecule has 0 aliphatic rings. The number of rotatable bonds is 30. The minimum Gasteiger partial charge on any atom is -0.0654 e. The lowest BCUT2D eigenvalue weighted by atomic mass is 9.86. The van der Waals surface area contributed by atoms with E-state index in [0.29, 0.717) is 0 Å². The SMILES string of the molecule is CCCCCCCCCCCCCCCC[C](C)C(C)CCCCCCCCCCCCCCC. The van der Waals surface area contributed by atoms with Crippen molar-refractivity contribution in [2.24, 2.45) is 5.92 Å². The van der Waals surface area contributed by atoms with Crippen molar-refractivity contribution in [2.45, 2.75) is 214 Å². The molecule has 0 N–H and O–H groups in total. The first-order valence-corrected chi connectivity index (χ1v) is 17.0. The number of hydrogen-bond acceptors (Lipinski definition) is 0. The maximum absolute atomic E-state index is 2.49. The summed E-state index contributed by atoms with van der Waals surface area (Å²) in [4.78, 5) is 0. The van der Waals surface area contributed by atoms with E-state index < -0.39 is 0 Å². The highest BCUT2D eigenvalue weighted by Crippen LogP contribution is 2.26. The third-order valence-corrected chi connectivity index (χ3v) is 8.51. The van der Waals surface area contributed by atoms with Gasteiger partial charge in [-0.1, -0.05) is 207 Å². The van der Waals surface area contributed by atoms with Crippen LogP contribution in [-0.4, -0.2) is 0 Å². The zero-order valence-electron chi connectivity index (χ0n) is 25.6. The molecular weight excluding hydrogens is 420 g/mol. The van der Waals surface area contributed by atoms with E-state index in [0.717, 1.165) is 5.92 Å². The standard InChI is InChI=1S/C35H71/c1-5-7-9-11-13-15-17-19-21-23-25-27-29-31-33-35(4)34(3)32-30-28-26-24-22-20-18-16-14-12-10-8-6-2/h34H,5-33H2,1-4H3. The zero-order chi connectivity index (χ0) is 25.7. The van der Waals surface area contributed by atoms with Crippen LogP contribution < -0.4 is 0 Å². The summed E-state index contributed by atoms with van der Waals surface area (Å²) in [5.74, 6) is 2.63. The third-order valence-electron chi connectivity index (χ3n) is 8.51. The smallest absolute Gasteiger partial charge is 0.0244 e. The summed E-state index contributed by atoms with van der Waals surface area (Å²) in [5, 5.41) is 0. The first-order chi connectivity index (χ1) is 17.2. The van der Waals surface area contributed by atoms with Gasteiger partial charge in [-0.25, -0.2) is 0 Å². The molecule has 0 heteroatoms. The van der Waals surface area contributed by atoms with Gasteiger partial charge in [-0.3, -0.25) is 0 Å². The summed E-state index contributed by atoms with van der Waals surface area (Å²) in [7, 11) is 0. The second-order valence-corrected chi connectivity index (χ2v) is 12.1. The van der Waals surface area contributed by atoms with Crippen LogP contribution in [0.2, 0.25) is 0 Å². The van der Waals surface area contributed by atoms with E-state index in [-0.39, 0.29) is 0 Å². The van der Waals surface area contributed by atoms with Gasteiger partial charge in [0.1, 0.15) is 0 Å². The van der Waals surface area contributed by atoms with Gasteiger partial charge < -0.3 is 0 Å². The molecule has 35 heavy (non-hydrogen) atoms. The molecular formula is C35H71. The molecule has 0 heterocycles. The molecule has 0 fully saturated rings. The number of unbranched alkanes of at least 4 members (excludes halogenated alkanes) is 25. The average molecular weight is 492 g/mol. The maximum Gasteiger partial charge on any atom is -0.0244 e. The molecule has 0 aliphatic heterocycles. The fourth-order valence-electron chi connectivity index (χ4n) is 5.56. The summed E-state index contributed by atoms with van der Waals surface area (Å²) in [6.45, 7) is 9.54. The molecule has 211 valence electrons. The Morgan fingerprint density at radius 3 is 0.943 bits per heavy atom. The van der Waals surface area contributed by atoms with Gasteiger partial charge >= 0.3 is 0 Å². The second-order valence-electron chi connectivity index (χ2n) is 12.1. The second kappa shape index (κ2) is 30.2. The molecule has 1 unspecified atom stereocenters. The van der Waals surface area contributed by atoms with Gasteiger partial charge in [0.2, 0.25) is 0 Å². The molecule has 0 saturated heterocycles. The Morgan fingerprint density at radius 1 is 0.371 bits per heavy atom. The Kier molecular flexibility index (Phi) is 30.2. The molecule has 0 spiro atoms. The van der Waals surface area contributed by atoms with Crippen molar-refractivity contribution in [3.63, 3.8) is 0 Å². The third kappa shape index (κ3) is 28.4. The van der Waals surface area contributed by atoms with Gasteiger partial charge in [0.15, 0.2) is 0 Å². The molecule has 0 saturated carbocycles. The predicted octanol–water partition coefficient (Wildman–Crippen LogP) is 13.6. The summed E-state index contributed by atoms with van der Waals surface area (Å²) < 4.78 is 0. The van der Waals surface area contributed by atoms with Gasteiger partial charge in [0.25, 0.3) is 0 Å². The van der Waals surface area contributed by atoms with Gasteiger partial charge in [-0.15, -0.1) is 0 Å². The summed E-state index contributed by atoms with van der Waals surface area (Å²) in [5.41, 5.74) is 0. The Labute approximate surface area is 225 Å². The van der Waals surface area contributed by atoms with Crippen LogP contribution in [0.4, 0.5) is 0 Å². The van der Waals surface area contributed by atoms with Crippen molar-refractivity contribution >= 4 is 0 Å². The minimum atomic E-state index is 0.852. The topological polar surface area (TPSA) is 0 Å². The minimum absolute atomic E-state index is 0.852. The summed E-state index contributed by atoms with van der Waals surface area (Å²) in [6, 6.07) is 0. The van der Waals surface area contributed by atoms with Crippen LogP contribution in [0.25, 0.3) is 0 Å². The van der Waals surface area contributed by atoms with Gasteiger partial charge in [0, 0.05) is 0 Å².